The van der Waals surface area contributed by atoms with Gasteiger partial charge < -0.3 is 8.83 Å². The lowest BCUT2D eigenvalue weighted by Crippen LogP contribution is -2.00. The predicted octanol–water partition coefficient (Wildman–Crippen LogP) is 10.9. The van der Waals surface area contributed by atoms with Crippen LogP contribution in [0.2, 0.25) is 0 Å². The third-order valence-corrected chi connectivity index (χ3v) is 9.80. The Morgan fingerprint density at radius 3 is 1.89 bits per heavy atom. The van der Waals surface area contributed by atoms with Crippen LogP contribution in [0.1, 0.15) is 0 Å². The summed E-state index contributed by atoms with van der Waals surface area (Å²) < 4.78 is 15.2. The summed E-state index contributed by atoms with van der Waals surface area (Å²) in [6.45, 7) is 0. The van der Waals surface area contributed by atoms with Gasteiger partial charge in [-0.05, 0) is 24.3 Å². The van der Waals surface area contributed by atoms with Crippen molar-refractivity contribution < 1.29 is 8.83 Å². The molecule has 0 saturated heterocycles. The Morgan fingerprint density at radius 2 is 1.11 bits per heavy atom. The number of fused-ring (bicyclic) bond motifs is 7. The Morgan fingerprint density at radius 1 is 0.447 bits per heavy atom. The molecule has 47 heavy (non-hydrogen) atoms. The van der Waals surface area contributed by atoms with Gasteiger partial charge in [0.25, 0.3) is 0 Å². The molecule has 0 aliphatic heterocycles. The minimum absolute atomic E-state index is 0.573. The van der Waals surface area contributed by atoms with Gasteiger partial charge in [0.1, 0.15) is 16.7 Å². The number of thiophene rings is 1. The molecular weight excluding hydrogens is 601 g/mol. The van der Waals surface area contributed by atoms with E-state index in [1.165, 1.54) is 15.5 Å². The molecule has 0 aliphatic carbocycles. The lowest BCUT2D eigenvalue weighted by atomic mass is 10.0. The second-order valence-corrected chi connectivity index (χ2v) is 12.5. The van der Waals surface area contributed by atoms with E-state index in [0.717, 1.165) is 48.8 Å². The first kappa shape index (κ1) is 26.1. The topological polar surface area (TPSA) is 77.8 Å². The van der Waals surface area contributed by atoms with Gasteiger partial charge in [-0.1, -0.05) is 103 Å². The smallest absolute Gasteiger partial charge is 0.228 e. The van der Waals surface area contributed by atoms with Crippen LogP contribution < -0.4 is 0 Å². The highest BCUT2D eigenvalue weighted by atomic mass is 32.1. The van der Waals surface area contributed by atoms with Gasteiger partial charge in [0.2, 0.25) is 5.89 Å². The van der Waals surface area contributed by atoms with Gasteiger partial charge in [-0.25, -0.2) is 19.9 Å². The molecular formula is C40H22N4O2S. The molecule has 0 saturated carbocycles. The third-order valence-electron chi connectivity index (χ3n) is 8.58. The lowest BCUT2D eigenvalue weighted by Gasteiger charge is -2.09. The Hall–Kier alpha value is -6.18. The van der Waals surface area contributed by atoms with Crippen molar-refractivity contribution in [3.05, 3.63) is 133 Å². The first-order valence-corrected chi connectivity index (χ1v) is 16.1. The first-order chi connectivity index (χ1) is 23.3. The Labute approximate surface area is 271 Å². The standard InChI is InChI=1S/C40H22N4O2S/c1-3-11-23(12-4-1)37-42-38(24-13-5-2-6-14-24)44-39(43-37)27-17-10-19-31-35(27)29-21-30-33(22-32(29)45-31)46-40(41-30)28-18-9-16-26-25-15-7-8-20-34(25)47-36(26)28/h1-22H. The highest BCUT2D eigenvalue weighted by molar-refractivity contribution is 7.26. The number of rotatable bonds is 4. The van der Waals surface area contributed by atoms with Crippen LogP contribution in [0, 0.1) is 0 Å². The number of oxazole rings is 1. The van der Waals surface area contributed by atoms with Gasteiger partial charge in [-0.3, -0.25) is 0 Å². The maximum absolute atomic E-state index is 6.42. The molecule has 6 aromatic carbocycles. The van der Waals surface area contributed by atoms with Crippen LogP contribution in [0.4, 0.5) is 0 Å². The normalized spacial score (nSPS) is 11.8. The van der Waals surface area contributed by atoms with E-state index in [-0.39, 0.29) is 0 Å². The minimum Gasteiger partial charge on any atom is -0.456 e. The summed E-state index contributed by atoms with van der Waals surface area (Å²) in [4.78, 5) is 19.9. The first-order valence-electron chi connectivity index (χ1n) is 15.3. The molecule has 10 aromatic rings. The fraction of sp³-hybridized carbons (Fsp3) is 0. The molecule has 0 unspecified atom stereocenters. The molecule has 0 fully saturated rings. The fourth-order valence-electron chi connectivity index (χ4n) is 6.39. The number of benzene rings is 6. The van der Waals surface area contributed by atoms with Gasteiger partial charge in [-0.15, -0.1) is 11.3 Å². The van der Waals surface area contributed by atoms with Crippen LogP contribution >= 0.6 is 11.3 Å². The van der Waals surface area contributed by atoms with Gasteiger partial charge in [0.05, 0.1) is 5.56 Å². The van der Waals surface area contributed by atoms with E-state index in [4.69, 9.17) is 28.8 Å². The summed E-state index contributed by atoms with van der Waals surface area (Å²) in [6.07, 6.45) is 0. The lowest BCUT2D eigenvalue weighted by molar-refractivity contribution is 0.618. The summed E-state index contributed by atoms with van der Waals surface area (Å²) in [7, 11) is 0. The molecule has 0 N–H and O–H groups in total. The van der Waals surface area contributed by atoms with Crippen LogP contribution in [0.3, 0.4) is 0 Å². The third kappa shape index (κ3) is 4.17. The van der Waals surface area contributed by atoms with E-state index in [1.54, 1.807) is 11.3 Å². The van der Waals surface area contributed by atoms with Crippen LogP contribution in [-0.4, -0.2) is 19.9 Å². The van der Waals surface area contributed by atoms with Crippen molar-refractivity contribution >= 4 is 64.5 Å². The molecule has 0 bridgehead atoms. The predicted molar refractivity (Wildman–Crippen MR) is 189 cm³/mol. The van der Waals surface area contributed by atoms with Gasteiger partial charge >= 0.3 is 0 Å². The van der Waals surface area contributed by atoms with Gasteiger partial charge in [0, 0.05) is 53.7 Å². The number of hydrogen-bond donors (Lipinski definition) is 0. The summed E-state index contributed by atoms with van der Waals surface area (Å²) in [5.41, 5.74) is 6.56. The zero-order valence-electron chi connectivity index (χ0n) is 24.7. The summed E-state index contributed by atoms with van der Waals surface area (Å²) >= 11 is 1.76. The van der Waals surface area contributed by atoms with Crippen LogP contribution in [0.5, 0.6) is 0 Å². The van der Waals surface area contributed by atoms with E-state index in [2.05, 4.69) is 48.5 Å². The van der Waals surface area contributed by atoms with Gasteiger partial charge in [0.15, 0.2) is 23.1 Å². The molecule has 0 atom stereocenters. The van der Waals surface area contributed by atoms with E-state index >= 15 is 0 Å². The van der Waals surface area contributed by atoms with Crippen molar-refractivity contribution in [2.45, 2.75) is 0 Å². The van der Waals surface area contributed by atoms with Crippen LogP contribution in [-0.2, 0) is 0 Å². The fourth-order valence-corrected chi connectivity index (χ4v) is 7.60. The number of furan rings is 1. The average Bonchev–Trinajstić information content (AvgIpc) is 3.83. The van der Waals surface area contributed by atoms with Crippen LogP contribution in [0.15, 0.2) is 142 Å². The zero-order chi connectivity index (χ0) is 30.9. The Bertz CT molecular complexity index is 2740. The second kappa shape index (κ2) is 10.2. The molecule has 220 valence electrons. The monoisotopic (exact) mass is 622 g/mol. The van der Waals surface area contributed by atoms with E-state index < -0.39 is 0 Å². The van der Waals surface area contributed by atoms with E-state index in [1.807, 2.05) is 84.9 Å². The Kier molecular flexibility index (Phi) is 5.64. The molecule has 0 radical (unpaired) electrons. The van der Waals surface area contributed by atoms with Crippen molar-refractivity contribution in [1.82, 2.24) is 19.9 Å². The van der Waals surface area contributed by atoms with Crippen LogP contribution in [0.25, 0.3) is 98.8 Å². The summed E-state index contributed by atoms with van der Waals surface area (Å²) in [5, 5.41) is 4.29. The Balaban J connectivity index is 1.17. The van der Waals surface area contributed by atoms with E-state index in [9.17, 15) is 0 Å². The van der Waals surface area contributed by atoms with Crippen molar-refractivity contribution in [1.29, 1.82) is 0 Å². The molecule has 0 aliphatic rings. The minimum atomic E-state index is 0.573. The number of aromatic nitrogens is 4. The van der Waals surface area contributed by atoms with Crippen molar-refractivity contribution in [2.75, 3.05) is 0 Å². The molecule has 6 nitrogen and oxygen atoms in total. The SMILES string of the molecule is c1ccc(-c2nc(-c3ccccc3)nc(-c3cccc4oc5cc6oc(-c7cccc8c7sc7ccccc78)nc6cc5c34)n2)cc1. The molecule has 7 heteroatoms. The van der Waals surface area contributed by atoms with Crippen molar-refractivity contribution in [2.24, 2.45) is 0 Å². The highest BCUT2D eigenvalue weighted by Gasteiger charge is 2.20. The largest absolute Gasteiger partial charge is 0.456 e. The van der Waals surface area contributed by atoms with Crippen molar-refractivity contribution in [3.63, 3.8) is 0 Å². The molecule has 4 aromatic heterocycles. The molecule has 4 heterocycles. The molecule has 10 rings (SSSR count). The maximum atomic E-state index is 6.42. The quantitative estimate of drug-likeness (QED) is 0.194. The molecule has 0 amide bonds. The molecule has 0 spiro atoms. The maximum Gasteiger partial charge on any atom is 0.228 e. The van der Waals surface area contributed by atoms with Crippen molar-refractivity contribution in [3.8, 4) is 45.6 Å². The van der Waals surface area contributed by atoms with Gasteiger partial charge in [-0.2, -0.15) is 0 Å². The number of nitrogens with zero attached hydrogens (tertiary/aromatic N) is 4. The van der Waals surface area contributed by atoms with E-state index in [0.29, 0.717) is 34.5 Å². The zero-order valence-corrected chi connectivity index (χ0v) is 25.5. The number of hydrogen-bond acceptors (Lipinski definition) is 7. The second-order valence-electron chi connectivity index (χ2n) is 11.4. The summed E-state index contributed by atoms with van der Waals surface area (Å²) in [5.74, 6) is 2.38. The summed E-state index contributed by atoms with van der Waals surface area (Å²) in [6, 6.07) is 44.7. The highest BCUT2D eigenvalue weighted by Crippen LogP contribution is 2.42. The average molecular weight is 623 g/mol.